The zero-order valence-corrected chi connectivity index (χ0v) is 11.5. The average Bonchev–Trinajstić information content (AvgIpc) is 2.40. The topological polar surface area (TPSA) is 18.5 Å². The molecule has 19 heavy (non-hydrogen) atoms. The van der Waals surface area contributed by atoms with Crippen molar-refractivity contribution < 1.29 is 13.9 Å². The number of ether oxygens (including phenoxy) is 2. The van der Waals surface area contributed by atoms with E-state index in [2.05, 4.69) is 0 Å². The van der Waals surface area contributed by atoms with E-state index in [1.54, 1.807) is 50.4 Å². The van der Waals surface area contributed by atoms with E-state index in [1.807, 2.05) is 0 Å². The van der Waals surface area contributed by atoms with Crippen molar-refractivity contribution >= 4 is 11.6 Å². The molecule has 0 N–H and O–H groups in total. The molecule has 100 valence electrons. The molecule has 0 aromatic heterocycles. The quantitative estimate of drug-likeness (QED) is 0.828. The van der Waals surface area contributed by atoms with Crippen molar-refractivity contribution in [1.29, 1.82) is 0 Å². The number of halogens is 2. The molecular weight excluding hydrogens is 267 g/mol. The first-order chi connectivity index (χ1) is 9.11. The molecule has 0 atom stereocenters. The van der Waals surface area contributed by atoms with Gasteiger partial charge in [-0.2, -0.15) is 0 Å². The van der Waals surface area contributed by atoms with E-state index < -0.39 is 0 Å². The molecule has 2 rings (SSSR count). The van der Waals surface area contributed by atoms with Gasteiger partial charge in [-0.3, -0.25) is 0 Å². The van der Waals surface area contributed by atoms with Crippen molar-refractivity contribution in [2.24, 2.45) is 0 Å². The minimum Gasteiger partial charge on any atom is -0.496 e. The second-order valence-corrected chi connectivity index (χ2v) is 4.57. The third kappa shape index (κ3) is 3.18. The van der Waals surface area contributed by atoms with Crippen LogP contribution >= 0.6 is 11.6 Å². The van der Waals surface area contributed by atoms with Crippen LogP contribution in [-0.4, -0.2) is 7.11 Å². The van der Waals surface area contributed by atoms with Gasteiger partial charge in [0.25, 0.3) is 0 Å². The van der Waals surface area contributed by atoms with Crippen molar-refractivity contribution in [1.82, 2.24) is 0 Å². The fourth-order valence-corrected chi connectivity index (χ4v) is 1.94. The van der Waals surface area contributed by atoms with Gasteiger partial charge in [-0.25, -0.2) is 4.39 Å². The molecule has 2 aromatic rings. The Labute approximate surface area is 116 Å². The fourth-order valence-electron chi connectivity index (χ4n) is 1.75. The fraction of sp³-hybridized carbons (Fsp3) is 0.200. The molecule has 0 aliphatic rings. The van der Waals surface area contributed by atoms with Crippen LogP contribution in [0.1, 0.15) is 11.1 Å². The SMILES string of the molecule is COc1ccc(Cl)cc1COc1cccc(C)c1F. The smallest absolute Gasteiger partial charge is 0.167 e. The summed E-state index contributed by atoms with van der Waals surface area (Å²) < 4.78 is 24.5. The highest BCUT2D eigenvalue weighted by Gasteiger charge is 2.09. The Balaban J connectivity index is 2.18. The van der Waals surface area contributed by atoms with Crippen molar-refractivity contribution in [2.75, 3.05) is 7.11 Å². The monoisotopic (exact) mass is 280 g/mol. The summed E-state index contributed by atoms with van der Waals surface area (Å²) in [6, 6.07) is 10.3. The van der Waals surface area contributed by atoms with Crippen LogP contribution in [0.3, 0.4) is 0 Å². The summed E-state index contributed by atoms with van der Waals surface area (Å²) in [6.07, 6.45) is 0. The summed E-state index contributed by atoms with van der Waals surface area (Å²) in [6.45, 7) is 1.90. The molecule has 0 aliphatic carbocycles. The second-order valence-electron chi connectivity index (χ2n) is 4.13. The Morgan fingerprint density at radius 2 is 1.95 bits per heavy atom. The number of hydrogen-bond acceptors (Lipinski definition) is 2. The van der Waals surface area contributed by atoms with Gasteiger partial charge in [-0.1, -0.05) is 23.7 Å². The Hall–Kier alpha value is -1.74. The van der Waals surface area contributed by atoms with Crippen molar-refractivity contribution in [2.45, 2.75) is 13.5 Å². The highest BCUT2D eigenvalue weighted by molar-refractivity contribution is 6.30. The Bertz CT molecular complexity index is 584. The van der Waals surface area contributed by atoms with Crippen LogP contribution in [0.25, 0.3) is 0 Å². The van der Waals surface area contributed by atoms with Crippen LogP contribution in [0.5, 0.6) is 11.5 Å². The molecule has 0 fully saturated rings. The van der Waals surface area contributed by atoms with E-state index in [0.29, 0.717) is 16.3 Å². The lowest BCUT2D eigenvalue weighted by molar-refractivity contribution is 0.282. The predicted octanol–water partition coefficient (Wildman–Crippen LogP) is 4.38. The van der Waals surface area contributed by atoms with E-state index in [1.165, 1.54) is 0 Å². The second kappa shape index (κ2) is 5.93. The molecule has 0 unspecified atom stereocenters. The van der Waals surface area contributed by atoms with Gasteiger partial charge in [-0.15, -0.1) is 0 Å². The van der Waals surface area contributed by atoms with Gasteiger partial charge in [-0.05, 0) is 36.8 Å². The molecule has 0 saturated heterocycles. The van der Waals surface area contributed by atoms with Gasteiger partial charge in [0, 0.05) is 10.6 Å². The molecule has 2 nitrogen and oxygen atoms in total. The molecule has 0 saturated carbocycles. The molecule has 0 bridgehead atoms. The summed E-state index contributed by atoms with van der Waals surface area (Å²) >= 11 is 5.93. The van der Waals surface area contributed by atoms with Gasteiger partial charge < -0.3 is 9.47 Å². The summed E-state index contributed by atoms with van der Waals surface area (Å²) in [4.78, 5) is 0. The zero-order valence-electron chi connectivity index (χ0n) is 10.7. The third-order valence-electron chi connectivity index (χ3n) is 2.78. The Kier molecular flexibility index (Phi) is 4.27. The Morgan fingerprint density at radius 3 is 2.68 bits per heavy atom. The van der Waals surface area contributed by atoms with Gasteiger partial charge in [0.2, 0.25) is 0 Å². The zero-order chi connectivity index (χ0) is 13.8. The first-order valence-electron chi connectivity index (χ1n) is 5.82. The molecule has 0 amide bonds. The van der Waals surface area contributed by atoms with Crippen LogP contribution in [0, 0.1) is 12.7 Å². The number of methoxy groups -OCH3 is 1. The number of rotatable bonds is 4. The average molecular weight is 281 g/mol. The molecule has 2 aromatic carbocycles. The van der Waals surface area contributed by atoms with E-state index in [0.717, 1.165) is 5.56 Å². The maximum absolute atomic E-state index is 13.8. The molecule has 4 heteroatoms. The summed E-state index contributed by atoms with van der Waals surface area (Å²) in [7, 11) is 1.57. The van der Waals surface area contributed by atoms with Gasteiger partial charge >= 0.3 is 0 Å². The van der Waals surface area contributed by atoms with Crippen LogP contribution in [0.4, 0.5) is 4.39 Å². The molecule has 0 radical (unpaired) electrons. The first-order valence-corrected chi connectivity index (χ1v) is 6.20. The number of aryl methyl sites for hydroxylation is 1. The molecule has 0 aliphatic heterocycles. The van der Waals surface area contributed by atoms with E-state index in [4.69, 9.17) is 21.1 Å². The largest absolute Gasteiger partial charge is 0.496 e. The third-order valence-corrected chi connectivity index (χ3v) is 3.02. The maximum Gasteiger partial charge on any atom is 0.167 e. The standard InChI is InChI=1S/C15H14ClFO2/c1-10-4-3-5-14(15(10)17)19-9-11-8-12(16)6-7-13(11)18-2/h3-8H,9H2,1-2H3. The Morgan fingerprint density at radius 1 is 1.16 bits per heavy atom. The van der Waals surface area contributed by atoms with Crippen LogP contribution in [0.15, 0.2) is 36.4 Å². The van der Waals surface area contributed by atoms with Crippen LogP contribution < -0.4 is 9.47 Å². The van der Waals surface area contributed by atoms with Crippen LogP contribution in [0.2, 0.25) is 5.02 Å². The van der Waals surface area contributed by atoms with E-state index in [9.17, 15) is 4.39 Å². The lowest BCUT2D eigenvalue weighted by Crippen LogP contribution is -2.00. The van der Waals surface area contributed by atoms with Crippen molar-refractivity contribution in [3.8, 4) is 11.5 Å². The van der Waals surface area contributed by atoms with E-state index >= 15 is 0 Å². The summed E-state index contributed by atoms with van der Waals surface area (Å²) in [5.74, 6) is 0.544. The first kappa shape index (κ1) is 13.7. The lowest BCUT2D eigenvalue weighted by atomic mass is 10.2. The summed E-state index contributed by atoms with van der Waals surface area (Å²) in [5.41, 5.74) is 1.33. The van der Waals surface area contributed by atoms with Gasteiger partial charge in [0.15, 0.2) is 11.6 Å². The minimum atomic E-state index is -0.344. The predicted molar refractivity (Wildman–Crippen MR) is 73.5 cm³/mol. The molecule has 0 spiro atoms. The highest BCUT2D eigenvalue weighted by atomic mass is 35.5. The highest BCUT2D eigenvalue weighted by Crippen LogP contribution is 2.26. The normalized spacial score (nSPS) is 10.3. The maximum atomic E-state index is 13.8. The number of hydrogen-bond donors (Lipinski definition) is 0. The lowest BCUT2D eigenvalue weighted by Gasteiger charge is -2.11. The number of benzene rings is 2. The van der Waals surface area contributed by atoms with Crippen molar-refractivity contribution in [3.05, 3.63) is 58.4 Å². The van der Waals surface area contributed by atoms with Gasteiger partial charge in [0.05, 0.1) is 7.11 Å². The van der Waals surface area contributed by atoms with Gasteiger partial charge in [0.1, 0.15) is 12.4 Å². The molecule has 0 heterocycles. The van der Waals surface area contributed by atoms with Crippen LogP contribution in [-0.2, 0) is 6.61 Å². The van der Waals surface area contributed by atoms with E-state index in [-0.39, 0.29) is 18.2 Å². The molecular formula is C15H14ClFO2. The summed E-state index contributed by atoms with van der Waals surface area (Å²) in [5, 5.41) is 0.587. The van der Waals surface area contributed by atoms with Crippen molar-refractivity contribution in [3.63, 3.8) is 0 Å². The minimum absolute atomic E-state index is 0.199.